The molecule has 2 heterocycles. The molecule has 0 saturated heterocycles. The summed E-state index contributed by atoms with van der Waals surface area (Å²) < 4.78 is 6.21. The van der Waals surface area contributed by atoms with Gasteiger partial charge in [-0.05, 0) is 40.2 Å². The Labute approximate surface area is 105 Å². The van der Waals surface area contributed by atoms with E-state index in [0.29, 0.717) is 0 Å². The lowest BCUT2D eigenvalue weighted by atomic mass is 10.2. The minimum atomic E-state index is 0.165. The van der Waals surface area contributed by atoms with E-state index >= 15 is 0 Å². The van der Waals surface area contributed by atoms with Gasteiger partial charge in [-0.15, -0.1) is 0 Å². The van der Waals surface area contributed by atoms with Crippen LogP contribution in [0.15, 0.2) is 45.6 Å². The maximum absolute atomic E-state index is 5.46. The topological polar surface area (TPSA) is 26.0 Å². The minimum absolute atomic E-state index is 0.165. The van der Waals surface area contributed by atoms with Gasteiger partial charge >= 0.3 is 0 Å². The third-order valence-electron chi connectivity index (χ3n) is 2.02. The summed E-state index contributed by atoms with van der Waals surface area (Å²) in [5, 5.41) is 0. The van der Waals surface area contributed by atoms with Crippen molar-refractivity contribution in [1.82, 2.24) is 4.98 Å². The molecule has 1 unspecified atom stereocenters. The average Bonchev–Trinajstić information content (AvgIpc) is 2.66. The van der Waals surface area contributed by atoms with E-state index in [0.717, 1.165) is 22.5 Å². The second kappa shape index (κ2) is 4.94. The molecule has 0 aromatic carbocycles. The lowest BCUT2D eigenvalue weighted by molar-refractivity contribution is 0.485. The van der Waals surface area contributed by atoms with Crippen LogP contribution in [-0.2, 0) is 6.42 Å². The number of alkyl halides is 1. The molecule has 2 nitrogen and oxygen atoms in total. The number of hydrogen-bond acceptors (Lipinski definition) is 2. The molecular formula is C11H9Br2NO. The van der Waals surface area contributed by atoms with Crippen molar-refractivity contribution in [2.75, 3.05) is 0 Å². The highest BCUT2D eigenvalue weighted by atomic mass is 79.9. The van der Waals surface area contributed by atoms with Gasteiger partial charge in [0.05, 0.1) is 4.83 Å². The fraction of sp³-hybridized carbons (Fsp3) is 0.182. The molecule has 2 rings (SSSR count). The van der Waals surface area contributed by atoms with Crippen molar-refractivity contribution in [2.24, 2.45) is 0 Å². The van der Waals surface area contributed by atoms with Crippen LogP contribution in [0.3, 0.4) is 0 Å². The molecule has 2 aromatic heterocycles. The van der Waals surface area contributed by atoms with Crippen molar-refractivity contribution in [3.8, 4) is 0 Å². The van der Waals surface area contributed by atoms with Crippen molar-refractivity contribution >= 4 is 31.9 Å². The van der Waals surface area contributed by atoms with Gasteiger partial charge < -0.3 is 4.42 Å². The van der Waals surface area contributed by atoms with Crippen molar-refractivity contribution < 1.29 is 4.42 Å². The van der Waals surface area contributed by atoms with Gasteiger partial charge in [-0.1, -0.05) is 22.0 Å². The van der Waals surface area contributed by atoms with E-state index < -0.39 is 0 Å². The third-order valence-corrected chi connectivity index (χ3v) is 3.22. The Morgan fingerprint density at radius 3 is 2.73 bits per heavy atom. The molecular weight excluding hydrogens is 322 g/mol. The lowest BCUT2D eigenvalue weighted by Crippen LogP contribution is -1.95. The summed E-state index contributed by atoms with van der Waals surface area (Å²) in [5.41, 5.74) is 1.05. The molecule has 78 valence electrons. The Morgan fingerprint density at radius 2 is 2.13 bits per heavy atom. The van der Waals surface area contributed by atoms with Crippen molar-refractivity contribution in [3.63, 3.8) is 0 Å². The molecule has 0 aliphatic carbocycles. The predicted molar refractivity (Wildman–Crippen MR) is 66.0 cm³/mol. The van der Waals surface area contributed by atoms with Crippen LogP contribution < -0.4 is 0 Å². The van der Waals surface area contributed by atoms with Crippen LogP contribution in [0.5, 0.6) is 0 Å². The number of hydrogen-bond donors (Lipinski definition) is 0. The van der Waals surface area contributed by atoms with Crippen LogP contribution in [0.4, 0.5) is 0 Å². The fourth-order valence-electron chi connectivity index (χ4n) is 1.30. The molecule has 0 aliphatic heterocycles. The molecule has 0 spiro atoms. The lowest BCUT2D eigenvalue weighted by Gasteiger charge is -2.05. The van der Waals surface area contributed by atoms with Gasteiger partial charge in [-0.3, -0.25) is 4.98 Å². The summed E-state index contributed by atoms with van der Waals surface area (Å²) in [4.78, 5) is 4.43. The molecule has 0 N–H and O–H groups in total. The normalized spacial score (nSPS) is 12.7. The smallest absolute Gasteiger partial charge is 0.169 e. The average molecular weight is 331 g/mol. The first-order chi connectivity index (χ1) is 7.25. The Kier molecular flexibility index (Phi) is 3.59. The molecule has 2 aromatic rings. The van der Waals surface area contributed by atoms with E-state index in [2.05, 4.69) is 36.8 Å². The molecule has 0 amide bonds. The Bertz CT molecular complexity index is 427. The summed E-state index contributed by atoms with van der Waals surface area (Å²) >= 11 is 6.86. The largest absolute Gasteiger partial charge is 0.453 e. The molecule has 1 atom stereocenters. The Balaban J connectivity index is 2.07. The quantitative estimate of drug-likeness (QED) is 0.791. The van der Waals surface area contributed by atoms with Crippen molar-refractivity contribution in [3.05, 3.63) is 52.7 Å². The summed E-state index contributed by atoms with van der Waals surface area (Å²) in [6.45, 7) is 0. The van der Waals surface area contributed by atoms with E-state index in [1.54, 1.807) is 6.20 Å². The zero-order valence-corrected chi connectivity index (χ0v) is 11.0. The highest BCUT2D eigenvalue weighted by Gasteiger charge is 2.12. The molecule has 15 heavy (non-hydrogen) atoms. The number of halogens is 2. The Morgan fingerprint density at radius 1 is 1.27 bits per heavy atom. The molecule has 0 radical (unpaired) electrons. The van der Waals surface area contributed by atoms with E-state index in [-0.39, 0.29) is 4.83 Å². The second-order valence-corrected chi connectivity index (χ2v) is 5.02. The maximum Gasteiger partial charge on any atom is 0.169 e. The van der Waals surface area contributed by atoms with Crippen LogP contribution in [0.25, 0.3) is 0 Å². The molecule has 0 aliphatic rings. The third kappa shape index (κ3) is 2.92. The fourth-order valence-corrected chi connectivity index (χ4v) is 2.20. The van der Waals surface area contributed by atoms with Crippen LogP contribution in [0.2, 0.25) is 0 Å². The summed E-state index contributed by atoms with van der Waals surface area (Å²) in [6, 6.07) is 9.75. The van der Waals surface area contributed by atoms with Gasteiger partial charge in [0.25, 0.3) is 0 Å². The van der Waals surface area contributed by atoms with E-state index in [1.165, 1.54) is 0 Å². The van der Waals surface area contributed by atoms with Gasteiger partial charge in [0.2, 0.25) is 0 Å². The number of pyridine rings is 1. The van der Waals surface area contributed by atoms with Crippen LogP contribution in [0, 0.1) is 0 Å². The summed E-state index contributed by atoms with van der Waals surface area (Å²) in [5.74, 6) is 0.910. The molecule has 4 heteroatoms. The SMILES string of the molecule is Brc1ccc(C(Br)Cc2ccccn2)o1. The number of furan rings is 1. The molecule has 0 fully saturated rings. The molecule has 0 saturated carbocycles. The zero-order chi connectivity index (χ0) is 10.7. The first kappa shape index (κ1) is 10.9. The molecule has 0 bridgehead atoms. The zero-order valence-electron chi connectivity index (χ0n) is 7.86. The second-order valence-electron chi connectivity index (χ2n) is 3.13. The minimum Gasteiger partial charge on any atom is -0.453 e. The van der Waals surface area contributed by atoms with Gasteiger partial charge in [-0.25, -0.2) is 0 Å². The highest BCUT2D eigenvalue weighted by molar-refractivity contribution is 9.10. The first-order valence-corrected chi connectivity index (χ1v) is 6.26. The predicted octanol–water partition coefficient (Wildman–Crippen LogP) is 4.12. The van der Waals surface area contributed by atoms with Gasteiger partial charge in [-0.2, -0.15) is 0 Å². The van der Waals surface area contributed by atoms with Gasteiger partial charge in [0.1, 0.15) is 5.76 Å². The monoisotopic (exact) mass is 329 g/mol. The van der Waals surface area contributed by atoms with Crippen LogP contribution >= 0.6 is 31.9 Å². The number of rotatable bonds is 3. The van der Waals surface area contributed by atoms with Gasteiger partial charge in [0, 0.05) is 18.3 Å². The van der Waals surface area contributed by atoms with Crippen molar-refractivity contribution in [1.29, 1.82) is 0 Å². The first-order valence-electron chi connectivity index (χ1n) is 4.55. The maximum atomic E-state index is 5.46. The van der Waals surface area contributed by atoms with E-state index in [1.807, 2.05) is 30.3 Å². The van der Waals surface area contributed by atoms with Gasteiger partial charge in [0.15, 0.2) is 4.67 Å². The van der Waals surface area contributed by atoms with Crippen molar-refractivity contribution in [2.45, 2.75) is 11.2 Å². The standard InChI is InChI=1S/C11H9Br2NO/c12-9(10-4-5-11(13)15-10)7-8-3-1-2-6-14-8/h1-6,9H,7H2. The number of aromatic nitrogens is 1. The highest BCUT2D eigenvalue weighted by Crippen LogP contribution is 2.29. The van der Waals surface area contributed by atoms with Crippen LogP contribution in [0.1, 0.15) is 16.3 Å². The van der Waals surface area contributed by atoms with Crippen LogP contribution in [-0.4, -0.2) is 4.98 Å². The van der Waals surface area contributed by atoms with E-state index in [4.69, 9.17) is 4.42 Å². The Hall–Kier alpha value is -0.610. The summed E-state index contributed by atoms with van der Waals surface area (Å²) in [6.07, 6.45) is 2.62. The van der Waals surface area contributed by atoms with E-state index in [9.17, 15) is 0 Å². The number of nitrogens with zero attached hydrogens (tertiary/aromatic N) is 1. The summed E-state index contributed by atoms with van der Waals surface area (Å²) in [7, 11) is 0.